The second-order valence-corrected chi connectivity index (χ2v) is 7.24. The fourth-order valence-corrected chi connectivity index (χ4v) is 3.08. The molecule has 0 amide bonds. The van der Waals surface area contributed by atoms with E-state index in [1.54, 1.807) is 0 Å². The summed E-state index contributed by atoms with van der Waals surface area (Å²) in [6.45, 7) is 6.14. The van der Waals surface area contributed by atoms with Crippen LogP contribution >= 0.6 is 0 Å². The first-order valence-electron chi connectivity index (χ1n) is 9.81. The molecule has 0 aliphatic carbocycles. The molecule has 0 saturated carbocycles. The number of hydrogen-bond acceptors (Lipinski definition) is 6. The maximum Gasteiger partial charge on any atom is 0.233 e. The largest absolute Gasteiger partial charge is 0.324 e. The van der Waals surface area contributed by atoms with E-state index >= 15 is 0 Å². The average molecular weight is 396 g/mol. The zero-order valence-electron chi connectivity index (χ0n) is 17.3. The Morgan fingerprint density at radius 2 is 1.03 bits per heavy atom. The van der Waals surface area contributed by atoms with Gasteiger partial charge in [-0.3, -0.25) is 0 Å². The molecule has 0 saturated heterocycles. The lowest BCUT2D eigenvalue weighted by Gasteiger charge is -2.13. The van der Waals surface area contributed by atoms with Gasteiger partial charge in [0.15, 0.2) is 0 Å². The molecule has 150 valence electrons. The van der Waals surface area contributed by atoms with Gasteiger partial charge in [0.25, 0.3) is 0 Å². The van der Waals surface area contributed by atoms with Crippen LogP contribution in [0, 0.1) is 20.8 Å². The highest BCUT2D eigenvalue weighted by Crippen LogP contribution is 2.23. The number of aromatic nitrogens is 3. The van der Waals surface area contributed by atoms with E-state index in [-0.39, 0.29) is 0 Å². The van der Waals surface area contributed by atoms with E-state index in [1.807, 2.05) is 67.6 Å². The fraction of sp³-hybridized carbons (Fsp3) is 0.125. The Kier molecular flexibility index (Phi) is 5.57. The van der Waals surface area contributed by atoms with E-state index < -0.39 is 0 Å². The quantitative estimate of drug-likeness (QED) is 0.370. The second-order valence-electron chi connectivity index (χ2n) is 7.24. The van der Waals surface area contributed by atoms with Crippen LogP contribution in [-0.2, 0) is 0 Å². The SMILES string of the molecule is Cc1cccc(Nc2nc(Nc3cccc(C)c3)nc(Nc3ccccc3C)n2)c1. The molecule has 1 heterocycles. The molecule has 3 N–H and O–H groups in total. The molecule has 0 fully saturated rings. The van der Waals surface area contributed by atoms with Gasteiger partial charge >= 0.3 is 0 Å². The summed E-state index contributed by atoms with van der Waals surface area (Å²) in [6, 6.07) is 24.2. The van der Waals surface area contributed by atoms with Crippen LogP contribution in [0.1, 0.15) is 16.7 Å². The first kappa shape index (κ1) is 19.4. The number of nitrogens with zero attached hydrogens (tertiary/aromatic N) is 3. The molecule has 0 aliphatic heterocycles. The summed E-state index contributed by atoms with van der Waals surface area (Å²) in [5.41, 5.74) is 6.22. The first-order chi connectivity index (χ1) is 14.5. The van der Waals surface area contributed by atoms with Crippen LogP contribution in [0.2, 0.25) is 0 Å². The van der Waals surface area contributed by atoms with E-state index in [0.717, 1.165) is 33.8 Å². The van der Waals surface area contributed by atoms with Crippen molar-refractivity contribution < 1.29 is 0 Å². The van der Waals surface area contributed by atoms with Gasteiger partial charge in [-0.15, -0.1) is 0 Å². The molecule has 0 aliphatic rings. The second kappa shape index (κ2) is 8.61. The summed E-state index contributed by atoms with van der Waals surface area (Å²) in [4.78, 5) is 13.7. The molecular formula is C24H24N6. The molecule has 6 nitrogen and oxygen atoms in total. The lowest BCUT2D eigenvalue weighted by molar-refractivity contribution is 1.06. The van der Waals surface area contributed by atoms with Gasteiger partial charge in [0.2, 0.25) is 17.8 Å². The van der Waals surface area contributed by atoms with Crippen LogP contribution in [-0.4, -0.2) is 15.0 Å². The molecular weight excluding hydrogens is 372 g/mol. The molecule has 3 aromatic carbocycles. The molecule has 0 bridgehead atoms. The number of anilines is 6. The van der Waals surface area contributed by atoms with Gasteiger partial charge < -0.3 is 16.0 Å². The third kappa shape index (κ3) is 4.91. The molecule has 30 heavy (non-hydrogen) atoms. The maximum atomic E-state index is 4.57. The lowest BCUT2D eigenvalue weighted by atomic mass is 10.2. The topological polar surface area (TPSA) is 74.8 Å². The number of nitrogens with one attached hydrogen (secondary N) is 3. The first-order valence-corrected chi connectivity index (χ1v) is 9.81. The Balaban J connectivity index is 1.68. The third-order valence-electron chi connectivity index (χ3n) is 4.58. The van der Waals surface area contributed by atoms with Gasteiger partial charge in [-0.2, -0.15) is 15.0 Å². The Bertz CT molecular complexity index is 1110. The molecule has 4 rings (SSSR count). The minimum absolute atomic E-state index is 0.460. The minimum Gasteiger partial charge on any atom is -0.324 e. The number of benzene rings is 3. The van der Waals surface area contributed by atoms with Crippen molar-refractivity contribution in [1.29, 1.82) is 0 Å². The van der Waals surface area contributed by atoms with Gasteiger partial charge in [-0.05, 0) is 67.8 Å². The van der Waals surface area contributed by atoms with Crippen LogP contribution < -0.4 is 16.0 Å². The van der Waals surface area contributed by atoms with E-state index in [1.165, 1.54) is 0 Å². The van der Waals surface area contributed by atoms with Crippen LogP contribution in [0.4, 0.5) is 34.9 Å². The highest BCUT2D eigenvalue weighted by molar-refractivity contribution is 5.63. The molecule has 0 radical (unpaired) electrons. The maximum absolute atomic E-state index is 4.57. The van der Waals surface area contributed by atoms with E-state index in [4.69, 9.17) is 0 Å². The van der Waals surface area contributed by atoms with Crippen LogP contribution in [0.5, 0.6) is 0 Å². The Morgan fingerprint density at radius 3 is 1.53 bits per heavy atom. The third-order valence-corrected chi connectivity index (χ3v) is 4.58. The molecule has 4 aromatic rings. The molecule has 1 aromatic heterocycles. The fourth-order valence-electron chi connectivity index (χ4n) is 3.08. The van der Waals surface area contributed by atoms with E-state index in [2.05, 4.69) is 56.9 Å². The van der Waals surface area contributed by atoms with Crippen molar-refractivity contribution in [1.82, 2.24) is 15.0 Å². The number of para-hydroxylation sites is 1. The zero-order valence-corrected chi connectivity index (χ0v) is 17.3. The summed E-state index contributed by atoms with van der Waals surface area (Å²) < 4.78 is 0. The summed E-state index contributed by atoms with van der Waals surface area (Å²) in [5.74, 6) is 1.38. The summed E-state index contributed by atoms with van der Waals surface area (Å²) >= 11 is 0. The van der Waals surface area contributed by atoms with Crippen molar-refractivity contribution in [2.24, 2.45) is 0 Å². The van der Waals surface area contributed by atoms with Crippen molar-refractivity contribution in [3.63, 3.8) is 0 Å². The zero-order chi connectivity index (χ0) is 20.9. The van der Waals surface area contributed by atoms with Crippen molar-refractivity contribution in [2.45, 2.75) is 20.8 Å². The van der Waals surface area contributed by atoms with E-state index in [0.29, 0.717) is 17.8 Å². The normalized spacial score (nSPS) is 10.5. The van der Waals surface area contributed by atoms with Gasteiger partial charge in [0.1, 0.15) is 0 Å². The summed E-state index contributed by atoms with van der Waals surface area (Å²) in [5, 5.41) is 9.87. The molecule has 0 spiro atoms. The minimum atomic E-state index is 0.460. The lowest BCUT2D eigenvalue weighted by Crippen LogP contribution is -2.07. The predicted molar refractivity (Wildman–Crippen MR) is 123 cm³/mol. The standard InChI is InChI=1S/C24H24N6/c1-16-8-6-11-19(14-16)25-22-28-23(26-20-12-7-9-17(2)15-20)30-24(29-22)27-21-13-5-4-10-18(21)3/h4-15H,1-3H3,(H3,25,26,27,28,29,30). The highest BCUT2D eigenvalue weighted by atomic mass is 15.3. The monoisotopic (exact) mass is 396 g/mol. The number of rotatable bonds is 6. The average Bonchev–Trinajstić information content (AvgIpc) is 2.70. The Hall–Kier alpha value is -3.93. The number of hydrogen-bond donors (Lipinski definition) is 3. The van der Waals surface area contributed by atoms with Crippen LogP contribution in [0.15, 0.2) is 72.8 Å². The molecule has 6 heteroatoms. The van der Waals surface area contributed by atoms with Crippen molar-refractivity contribution >= 4 is 34.9 Å². The van der Waals surface area contributed by atoms with Gasteiger partial charge in [0, 0.05) is 17.1 Å². The van der Waals surface area contributed by atoms with Crippen LogP contribution in [0.3, 0.4) is 0 Å². The smallest absolute Gasteiger partial charge is 0.233 e. The van der Waals surface area contributed by atoms with E-state index in [9.17, 15) is 0 Å². The molecule has 0 unspecified atom stereocenters. The summed E-state index contributed by atoms with van der Waals surface area (Å²) in [6.07, 6.45) is 0. The highest BCUT2D eigenvalue weighted by Gasteiger charge is 2.09. The van der Waals surface area contributed by atoms with Gasteiger partial charge in [0.05, 0.1) is 0 Å². The molecule has 0 atom stereocenters. The Morgan fingerprint density at radius 1 is 0.533 bits per heavy atom. The van der Waals surface area contributed by atoms with Crippen molar-refractivity contribution in [2.75, 3.05) is 16.0 Å². The Labute approximate surface area is 176 Å². The van der Waals surface area contributed by atoms with Crippen molar-refractivity contribution in [3.05, 3.63) is 89.5 Å². The van der Waals surface area contributed by atoms with Crippen LogP contribution in [0.25, 0.3) is 0 Å². The number of aryl methyl sites for hydroxylation is 3. The summed E-state index contributed by atoms with van der Waals surface area (Å²) in [7, 11) is 0. The van der Waals surface area contributed by atoms with Gasteiger partial charge in [-0.1, -0.05) is 42.5 Å². The predicted octanol–water partition coefficient (Wildman–Crippen LogP) is 6.03. The van der Waals surface area contributed by atoms with Gasteiger partial charge in [-0.25, -0.2) is 0 Å². The van der Waals surface area contributed by atoms with Crippen molar-refractivity contribution in [3.8, 4) is 0 Å².